The first-order valence-corrected chi connectivity index (χ1v) is 10.5. The summed E-state index contributed by atoms with van der Waals surface area (Å²) >= 11 is 0. The predicted octanol–water partition coefficient (Wildman–Crippen LogP) is 5.01. The molecule has 0 spiro atoms. The van der Waals surface area contributed by atoms with Crippen molar-refractivity contribution in [1.82, 2.24) is 4.98 Å². The highest BCUT2D eigenvalue weighted by Gasteiger charge is 2.47. The number of rotatable bonds is 6. The number of carbonyl (C=O) groups is 2. The van der Waals surface area contributed by atoms with Crippen LogP contribution < -0.4 is 14.4 Å². The highest BCUT2D eigenvalue weighted by atomic mass is 19.4. The molecular weight excluding hydrogens is 465 g/mol. The highest BCUT2D eigenvalue weighted by molar-refractivity contribution is 6.51. The van der Waals surface area contributed by atoms with Crippen LogP contribution in [0, 0.1) is 0 Å². The number of hydrogen-bond donors (Lipinski definition) is 1. The molecule has 1 atom stereocenters. The second kappa shape index (κ2) is 9.49. The molecule has 35 heavy (non-hydrogen) atoms. The molecule has 1 N–H and O–H groups in total. The first-order chi connectivity index (χ1) is 16.7. The topological polar surface area (TPSA) is 89.0 Å². The number of halogens is 3. The Hall–Kier alpha value is -4.34. The molecule has 0 saturated carbocycles. The lowest BCUT2D eigenvalue weighted by Gasteiger charge is -2.25. The van der Waals surface area contributed by atoms with E-state index in [1.165, 1.54) is 30.6 Å². The van der Waals surface area contributed by atoms with E-state index in [0.29, 0.717) is 17.9 Å². The number of nitrogens with zero attached hydrogens (tertiary/aromatic N) is 2. The van der Waals surface area contributed by atoms with Crippen molar-refractivity contribution in [3.05, 3.63) is 89.8 Å². The van der Waals surface area contributed by atoms with Gasteiger partial charge in [-0.25, -0.2) is 0 Å². The molecule has 2 heterocycles. The van der Waals surface area contributed by atoms with Crippen molar-refractivity contribution in [2.75, 3.05) is 11.5 Å². The normalized spacial score (nSPS) is 17.5. The lowest BCUT2D eigenvalue weighted by molar-refractivity contribution is -0.274. The van der Waals surface area contributed by atoms with Crippen LogP contribution in [0.4, 0.5) is 18.9 Å². The van der Waals surface area contributed by atoms with Crippen molar-refractivity contribution < 1.29 is 37.3 Å². The van der Waals surface area contributed by atoms with E-state index in [-0.39, 0.29) is 16.8 Å². The van der Waals surface area contributed by atoms with Crippen LogP contribution >= 0.6 is 0 Å². The third kappa shape index (κ3) is 4.96. The monoisotopic (exact) mass is 484 g/mol. The molecule has 0 aliphatic carbocycles. The van der Waals surface area contributed by atoms with Crippen LogP contribution in [0.5, 0.6) is 11.5 Å². The van der Waals surface area contributed by atoms with Crippen LogP contribution in [0.2, 0.25) is 0 Å². The lowest BCUT2D eigenvalue weighted by Crippen LogP contribution is -2.29. The molecule has 180 valence electrons. The van der Waals surface area contributed by atoms with Gasteiger partial charge in [-0.2, -0.15) is 0 Å². The van der Waals surface area contributed by atoms with Gasteiger partial charge in [0.1, 0.15) is 17.3 Å². The van der Waals surface area contributed by atoms with Crippen molar-refractivity contribution in [2.24, 2.45) is 0 Å². The third-order valence-electron chi connectivity index (χ3n) is 5.19. The number of hydrogen-bond acceptors (Lipinski definition) is 6. The number of ether oxygens (including phenoxy) is 2. The Morgan fingerprint density at radius 1 is 1.06 bits per heavy atom. The van der Waals surface area contributed by atoms with Gasteiger partial charge in [0.15, 0.2) is 0 Å². The van der Waals surface area contributed by atoms with Crippen LogP contribution in [0.1, 0.15) is 24.1 Å². The summed E-state index contributed by atoms with van der Waals surface area (Å²) in [5.41, 5.74) is 0.344. The van der Waals surface area contributed by atoms with E-state index in [1.807, 2.05) is 0 Å². The molecule has 0 radical (unpaired) electrons. The van der Waals surface area contributed by atoms with Crippen LogP contribution in [-0.4, -0.2) is 34.8 Å². The highest BCUT2D eigenvalue weighted by Crippen LogP contribution is 2.43. The van der Waals surface area contributed by atoms with Gasteiger partial charge < -0.3 is 14.6 Å². The SMILES string of the molecule is CCOc1cccc(/C(O)=C2\C(=O)C(=O)N(c3cccc(OC(F)(F)F)c3)C2c2cccnc2)c1. The molecule has 0 bridgehead atoms. The summed E-state index contributed by atoms with van der Waals surface area (Å²) in [4.78, 5) is 31.3. The number of ketones is 1. The minimum absolute atomic E-state index is 0.0233. The maximum absolute atomic E-state index is 13.1. The van der Waals surface area contributed by atoms with Gasteiger partial charge in [0.05, 0.1) is 18.2 Å². The van der Waals surface area contributed by atoms with Gasteiger partial charge in [-0.05, 0) is 42.8 Å². The zero-order chi connectivity index (χ0) is 25.2. The Kier molecular flexibility index (Phi) is 6.46. The van der Waals surface area contributed by atoms with E-state index in [9.17, 15) is 27.9 Å². The summed E-state index contributed by atoms with van der Waals surface area (Å²) in [6.45, 7) is 2.16. The van der Waals surface area contributed by atoms with Crippen molar-refractivity contribution in [1.29, 1.82) is 0 Å². The molecular formula is C25H19F3N2O5. The van der Waals surface area contributed by atoms with E-state index in [4.69, 9.17) is 4.74 Å². The molecule has 1 fully saturated rings. The molecule has 10 heteroatoms. The first-order valence-electron chi connectivity index (χ1n) is 10.5. The first kappa shape index (κ1) is 23.8. The minimum Gasteiger partial charge on any atom is -0.507 e. The van der Waals surface area contributed by atoms with Crippen LogP contribution in [0.15, 0.2) is 78.6 Å². The van der Waals surface area contributed by atoms with Gasteiger partial charge in [-0.1, -0.05) is 24.3 Å². The van der Waals surface area contributed by atoms with Gasteiger partial charge >= 0.3 is 6.36 Å². The zero-order valence-electron chi connectivity index (χ0n) is 18.3. The van der Waals surface area contributed by atoms with E-state index in [0.717, 1.165) is 17.0 Å². The van der Waals surface area contributed by atoms with Crippen molar-refractivity contribution in [3.63, 3.8) is 0 Å². The van der Waals surface area contributed by atoms with E-state index < -0.39 is 35.6 Å². The number of aromatic nitrogens is 1. The fraction of sp³-hybridized carbons (Fsp3) is 0.160. The van der Waals surface area contributed by atoms with Gasteiger partial charge in [0.2, 0.25) is 0 Å². The van der Waals surface area contributed by atoms with Gasteiger partial charge in [0, 0.05) is 29.7 Å². The Balaban J connectivity index is 1.87. The lowest BCUT2D eigenvalue weighted by atomic mass is 9.96. The molecule has 1 aliphatic rings. The van der Waals surface area contributed by atoms with E-state index in [2.05, 4.69) is 9.72 Å². The average molecular weight is 484 g/mol. The van der Waals surface area contributed by atoms with Gasteiger partial charge in [0.25, 0.3) is 11.7 Å². The zero-order valence-corrected chi connectivity index (χ0v) is 18.3. The van der Waals surface area contributed by atoms with Crippen molar-refractivity contribution >= 4 is 23.1 Å². The molecule has 2 aromatic carbocycles. The molecule has 4 rings (SSSR count). The summed E-state index contributed by atoms with van der Waals surface area (Å²) in [6, 6.07) is 13.1. The number of anilines is 1. The van der Waals surface area contributed by atoms with Gasteiger partial charge in [-0.15, -0.1) is 13.2 Å². The summed E-state index contributed by atoms with van der Waals surface area (Å²) in [6.07, 6.45) is -2.05. The molecule has 1 saturated heterocycles. The number of aliphatic hydroxyl groups excluding tert-OH is 1. The van der Waals surface area contributed by atoms with E-state index >= 15 is 0 Å². The summed E-state index contributed by atoms with van der Waals surface area (Å²) in [5, 5.41) is 11.1. The number of pyridine rings is 1. The van der Waals surface area contributed by atoms with Crippen LogP contribution in [0.3, 0.4) is 0 Å². The molecule has 1 amide bonds. The second-order valence-corrected chi connectivity index (χ2v) is 7.46. The quantitative estimate of drug-likeness (QED) is 0.301. The largest absolute Gasteiger partial charge is 0.573 e. The standard InChI is InChI=1S/C25H19F3N2O5/c1-2-34-18-9-3-6-15(12-18)22(31)20-21(16-7-5-11-29-14-16)30(24(33)23(20)32)17-8-4-10-19(13-17)35-25(26,27)28/h3-14,21,31H,2H2,1H3/b22-20+. The fourth-order valence-corrected chi connectivity index (χ4v) is 3.84. The van der Waals surface area contributed by atoms with E-state index in [1.54, 1.807) is 37.3 Å². The molecule has 1 aliphatic heterocycles. The Bertz CT molecular complexity index is 1290. The van der Waals surface area contributed by atoms with Gasteiger partial charge in [-0.3, -0.25) is 19.5 Å². The molecule has 1 unspecified atom stereocenters. The number of Topliss-reactive ketones (excluding diaryl/α,β-unsaturated/α-hetero) is 1. The number of aliphatic hydroxyl groups is 1. The Labute approximate surface area is 198 Å². The number of carbonyl (C=O) groups excluding carboxylic acids is 2. The summed E-state index contributed by atoms with van der Waals surface area (Å²) in [5.74, 6) is -2.60. The van der Waals surface area contributed by atoms with Crippen molar-refractivity contribution in [2.45, 2.75) is 19.3 Å². The smallest absolute Gasteiger partial charge is 0.507 e. The summed E-state index contributed by atoms with van der Waals surface area (Å²) < 4.78 is 47.7. The maximum atomic E-state index is 13.1. The molecule has 7 nitrogen and oxygen atoms in total. The number of amides is 1. The predicted molar refractivity (Wildman–Crippen MR) is 120 cm³/mol. The van der Waals surface area contributed by atoms with Crippen LogP contribution in [0.25, 0.3) is 5.76 Å². The fourth-order valence-electron chi connectivity index (χ4n) is 3.84. The third-order valence-corrected chi connectivity index (χ3v) is 5.19. The average Bonchev–Trinajstić information content (AvgIpc) is 3.09. The number of benzene rings is 2. The number of alkyl halides is 3. The maximum Gasteiger partial charge on any atom is 0.573 e. The molecule has 3 aromatic rings. The minimum atomic E-state index is -4.94. The summed E-state index contributed by atoms with van der Waals surface area (Å²) in [7, 11) is 0. The Morgan fingerprint density at radius 2 is 1.80 bits per heavy atom. The second-order valence-electron chi connectivity index (χ2n) is 7.46. The Morgan fingerprint density at radius 3 is 2.49 bits per heavy atom. The molecule has 1 aromatic heterocycles. The van der Waals surface area contributed by atoms with Crippen LogP contribution in [-0.2, 0) is 9.59 Å². The van der Waals surface area contributed by atoms with Crippen molar-refractivity contribution in [3.8, 4) is 11.5 Å².